The van der Waals surface area contributed by atoms with Crippen molar-refractivity contribution in [2.45, 2.75) is 50.2 Å². The van der Waals surface area contributed by atoms with Crippen LogP contribution in [-0.2, 0) is 4.79 Å². The van der Waals surface area contributed by atoms with Crippen molar-refractivity contribution in [1.82, 2.24) is 20.2 Å². The first kappa shape index (κ1) is 22.2. The second-order valence-electron chi connectivity index (χ2n) is 7.97. The Hall–Kier alpha value is -3.00. The summed E-state index contributed by atoms with van der Waals surface area (Å²) in [4.78, 5) is 12.3. The van der Waals surface area contributed by atoms with E-state index < -0.39 is 0 Å². The third-order valence-corrected chi connectivity index (χ3v) is 6.44. The summed E-state index contributed by atoms with van der Waals surface area (Å²) in [6.07, 6.45) is 7.24. The average molecular weight is 452 g/mol. The summed E-state index contributed by atoms with van der Waals surface area (Å²) in [7, 11) is 0. The van der Waals surface area contributed by atoms with Gasteiger partial charge in [-0.25, -0.2) is 9.82 Å². The Morgan fingerprint density at radius 1 is 1.19 bits per heavy atom. The molecule has 166 valence electrons. The number of halogens is 1. The molecule has 1 heterocycles. The Bertz CT molecular complexity index is 1090. The van der Waals surface area contributed by atoms with Gasteiger partial charge < -0.3 is 0 Å². The molecule has 0 bridgehead atoms. The summed E-state index contributed by atoms with van der Waals surface area (Å²) in [5, 5.41) is 13.6. The van der Waals surface area contributed by atoms with Crippen LogP contribution in [0.3, 0.4) is 0 Å². The zero-order valence-corrected chi connectivity index (χ0v) is 18.8. The number of thioether (sulfide) groups is 1. The minimum Gasteiger partial charge on any atom is -0.299 e. The molecule has 0 radical (unpaired) electrons. The van der Waals surface area contributed by atoms with Gasteiger partial charge in [0.25, 0.3) is 5.91 Å². The molecule has 4 rings (SSSR count). The van der Waals surface area contributed by atoms with Gasteiger partial charge in [0, 0.05) is 11.6 Å². The maximum atomic E-state index is 13.2. The van der Waals surface area contributed by atoms with E-state index in [4.69, 9.17) is 0 Å². The fourth-order valence-corrected chi connectivity index (χ4v) is 4.67. The van der Waals surface area contributed by atoms with E-state index >= 15 is 0 Å². The standard InChI is InChI=1S/C24H26FN5OS/c1-17-10-12-19(13-11-17)23-28-29-24(30(23)21-8-3-2-4-9-21)32-16-22(31)27-26-15-18-6-5-7-20(25)14-18/h5-7,10-15,21H,2-4,8-9,16H2,1H3,(H,27,31). The van der Waals surface area contributed by atoms with E-state index in [1.807, 2.05) is 0 Å². The highest BCUT2D eigenvalue weighted by Crippen LogP contribution is 2.35. The number of amides is 1. The Balaban J connectivity index is 1.45. The van der Waals surface area contributed by atoms with Crippen LogP contribution in [0.4, 0.5) is 4.39 Å². The smallest absolute Gasteiger partial charge is 0.250 e. The van der Waals surface area contributed by atoms with Crippen LogP contribution >= 0.6 is 11.8 Å². The van der Waals surface area contributed by atoms with Crippen LogP contribution in [0.25, 0.3) is 11.4 Å². The van der Waals surface area contributed by atoms with Gasteiger partial charge in [-0.2, -0.15) is 5.10 Å². The summed E-state index contributed by atoms with van der Waals surface area (Å²) in [5.74, 6) is 0.420. The number of carbonyl (C=O) groups is 1. The van der Waals surface area contributed by atoms with Crippen LogP contribution in [0.1, 0.15) is 49.3 Å². The van der Waals surface area contributed by atoms with E-state index in [0.717, 1.165) is 29.4 Å². The molecule has 1 amide bonds. The van der Waals surface area contributed by atoms with E-state index in [0.29, 0.717) is 11.6 Å². The average Bonchev–Trinajstić information content (AvgIpc) is 3.23. The number of nitrogens with zero attached hydrogens (tertiary/aromatic N) is 4. The highest BCUT2D eigenvalue weighted by molar-refractivity contribution is 7.99. The molecule has 6 nitrogen and oxygen atoms in total. The molecule has 1 saturated carbocycles. The Morgan fingerprint density at radius 3 is 2.72 bits per heavy atom. The van der Waals surface area contributed by atoms with Gasteiger partial charge in [-0.1, -0.05) is 73.0 Å². The maximum Gasteiger partial charge on any atom is 0.250 e. The largest absolute Gasteiger partial charge is 0.299 e. The number of hydrogen-bond donors (Lipinski definition) is 1. The van der Waals surface area contributed by atoms with E-state index in [1.54, 1.807) is 12.1 Å². The zero-order chi connectivity index (χ0) is 22.3. The van der Waals surface area contributed by atoms with Crippen molar-refractivity contribution in [3.05, 3.63) is 65.5 Å². The van der Waals surface area contributed by atoms with Crippen molar-refractivity contribution in [3.8, 4) is 11.4 Å². The molecule has 0 spiro atoms. The lowest BCUT2D eigenvalue weighted by Gasteiger charge is -2.25. The molecule has 1 aliphatic carbocycles. The van der Waals surface area contributed by atoms with Gasteiger partial charge in [0.15, 0.2) is 11.0 Å². The van der Waals surface area contributed by atoms with E-state index in [9.17, 15) is 9.18 Å². The van der Waals surface area contributed by atoms with Crippen LogP contribution in [0.5, 0.6) is 0 Å². The van der Waals surface area contributed by atoms with Crippen LogP contribution in [0, 0.1) is 12.7 Å². The Labute approximate surface area is 191 Å². The van der Waals surface area contributed by atoms with Gasteiger partial charge in [-0.15, -0.1) is 10.2 Å². The SMILES string of the molecule is Cc1ccc(-c2nnc(SCC(=O)NN=Cc3cccc(F)c3)n2C2CCCCC2)cc1. The Morgan fingerprint density at radius 2 is 1.97 bits per heavy atom. The third kappa shape index (κ3) is 5.62. The van der Waals surface area contributed by atoms with Crippen LogP contribution in [0.15, 0.2) is 58.8 Å². The third-order valence-electron chi connectivity index (χ3n) is 5.50. The number of benzene rings is 2. The normalized spacial score (nSPS) is 14.7. The van der Waals surface area contributed by atoms with Gasteiger partial charge in [0.2, 0.25) is 0 Å². The molecule has 1 aromatic heterocycles. The predicted octanol–water partition coefficient (Wildman–Crippen LogP) is 5.14. The topological polar surface area (TPSA) is 72.2 Å². The first-order chi connectivity index (χ1) is 15.6. The van der Waals surface area contributed by atoms with E-state index in [-0.39, 0.29) is 17.5 Å². The predicted molar refractivity (Wildman–Crippen MR) is 125 cm³/mol. The number of aromatic nitrogens is 3. The highest BCUT2D eigenvalue weighted by atomic mass is 32.2. The molecular weight excluding hydrogens is 425 g/mol. The van der Waals surface area contributed by atoms with Gasteiger partial charge >= 0.3 is 0 Å². The minimum atomic E-state index is -0.345. The van der Waals surface area contributed by atoms with Crippen LogP contribution < -0.4 is 5.43 Å². The zero-order valence-electron chi connectivity index (χ0n) is 18.0. The van der Waals surface area contributed by atoms with Crippen molar-refractivity contribution in [3.63, 3.8) is 0 Å². The maximum absolute atomic E-state index is 13.2. The molecule has 3 aromatic rings. The van der Waals surface area contributed by atoms with Crippen LogP contribution in [-0.4, -0.2) is 32.6 Å². The van der Waals surface area contributed by atoms with Crippen LogP contribution in [0.2, 0.25) is 0 Å². The second-order valence-corrected chi connectivity index (χ2v) is 8.91. The van der Waals surface area contributed by atoms with Gasteiger partial charge in [-0.3, -0.25) is 9.36 Å². The monoisotopic (exact) mass is 451 g/mol. The molecule has 0 aliphatic heterocycles. The lowest BCUT2D eigenvalue weighted by molar-refractivity contribution is -0.118. The first-order valence-electron chi connectivity index (χ1n) is 10.8. The summed E-state index contributed by atoms with van der Waals surface area (Å²) in [5.41, 5.74) is 5.30. The first-order valence-corrected chi connectivity index (χ1v) is 11.8. The molecule has 1 N–H and O–H groups in total. The van der Waals surface area contributed by atoms with E-state index in [1.165, 1.54) is 54.9 Å². The summed E-state index contributed by atoms with van der Waals surface area (Å²) in [6.45, 7) is 2.06. The number of hydrazone groups is 1. The van der Waals surface area contributed by atoms with Crippen molar-refractivity contribution in [2.75, 3.05) is 5.75 Å². The molecule has 32 heavy (non-hydrogen) atoms. The fraction of sp³-hybridized carbons (Fsp3) is 0.333. The Kier molecular flexibility index (Phi) is 7.32. The molecule has 0 unspecified atom stereocenters. The lowest BCUT2D eigenvalue weighted by atomic mass is 9.95. The summed E-state index contributed by atoms with van der Waals surface area (Å²) in [6, 6.07) is 14.7. The minimum absolute atomic E-state index is 0.166. The number of rotatable bonds is 7. The van der Waals surface area contributed by atoms with E-state index in [2.05, 4.69) is 56.5 Å². The number of nitrogens with one attached hydrogen (secondary N) is 1. The molecule has 8 heteroatoms. The van der Waals surface area contributed by atoms with Crippen molar-refractivity contribution < 1.29 is 9.18 Å². The van der Waals surface area contributed by atoms with Crippen molar-refractivity contribution in [1.29, 1.82) is 0 Å². The molecule has 0 saturated heterocycles. The fourth-order valence-electron chi connectivity index (χ4n) is 3.87. The highest BCUT2D eigenvalue weighted by Gasteiger charge is 2.24. The summed E-state index contributed by atoms with van der Waals surface area (Å²) < 4.78 is 15.4. The summed E-state index contributed by atoms with van der Waals surface area (Å²) >= 11 is 1.36. The van der Waals surface area contributed by atoms with Gasteiger partial charge in [-0.05, 0) is 37.5 Å². The lowest BCUT2D eigenvalue weighted by Crippen LogP contribution is -2.20. The molecule has 1 aliphatic rings. The van der Waals surface area contributed by atoms with Gasteiger partial charge in [0.05, 0.1) is 12.0 Å². The molecule has 2 aromatic carbocycles. The molecule has 1 fully saturated rings. The van der Waals surface area contributed by atoms with Crippen molar-refractivity contribution in [2.24, 2.45) is 5.10 Å². The number of carbonyl (C=O) groups excluding carboxylic acids is 1. The number of hydrogen-bond acceptors (Lipinski definition) is 5. The number of aryl methyl sites for hydroxylation is 1. The molecule has 0 atom stereocenters. The second kappa shape index (κ2) is 10.5. The van der Waals surface area contributed by atoms with Gasteiger partial charge in [0.1, 0.15) is 5.82 Å². The quantitative estimate of drug-likeness (QED) is 0.307. The molecular formula is C24H26FN5OS. The van der Waals surface area contributed by atoms with Crippen molar-refractivity contribution >= 4 is 23.9 Å².